The lowest BCUT2D eigenvalue weighted by atomic mass is 9.97. The number of fused-ring (bicyclic) bond motifs is 1. The van der Waals surface area contributed by atoms with E-state index < -0.39 is 5.91 Å². The summed E-state index contributed by atoms with van der Waals surface area (Å²) >= 11 is 0. The number of aryl methyl sites for hydroxylation is 1. The number of hydrogen-bond acceptors (Lipinski definition) is 2. The Bertz CT molecular complexity index is 809. The molecular formula is C17H14N2O. The maximum atomic E-state index is 11.6. The monoisotopic (exact) mass is 262 g/mol. The second-order valence-corrected chi connectivity index (χ2v) is 4.74. The molecule has 0 unspecified atom stereocenters. The van der Waals surface area contributed by atoms with Gasteiger partial charge in [0.25, 0.3) is 0 Å². The fourth-order valence-corrected chi connectivity index (χ4v) is 2.39. The van der Waals surface area contributed by atoms with Crippen LogP contribution in [0.3, 0.4) is 0 Å². The number of para-hydroxylation sites is 1. The van der Waals surface area contributed by atoms with Crippen LogP contribution in [0.25, 0.3) is 22.0 Å². The van der Waals surface area contributed by atoms with Gasteiger partial charge in [-0.1, -0.05) is 42.5 Å². The van der Waals surface area contributed by atoms with Crippen LogP contribution >= 0.6 is 0 Å². The van der Waals surface area contributed by atoms with Gasteiger partial charge in [-0.05, 0) is 24.6 Å². The fraction of sp³-hybridized carbons (Fsp3) is 0.0588. The molecule has 0 fully saturated rings. The first-order valence-corrected chi connectivity index (χ1v) is 6.42. The average molecular weight is 262 g/mol. The third kappa shape index (κ3) is 2.03. The number of hydrogen-bond donors (Lipinski definition) is 1. The van der Waals surface area contributed by atoms with Crippen LogP contribution in [-0.4, -0.2) is 10.9 Å². The minimum atomic E-state index is -0.426. The van der Waals surface area contributed by atoms with Crippen molar-refractivity contribution in [3.8, 4) is 11.1 Å². The van der Waals surface area contributed by atoms with E-state index in [2.05, 4.69) is 4.98 Å². The predicted molar refractivity (Wildman–Crippen MR) is 80.4 cm³/mol. The highest BCUT2D eigenvalue weighted by Crippen LogP contribution is 2.29. The van der Waals surface area contributed by atoms with Gasteiger partial charge in [0.1, 0.15) is 0 Å². The van der Waals surface area contributed by atoms with Crippen molar-refractivity contribution in [2.45, 2.75) is 6.92 Å². The molecule has 1 aromatic heterocycles. The van der Waals surface area contributed by atoms with Crippen LogP contribution in [0.5, 0.6) is 0 Å². The highest BCUT2D eigenvalue weighted by atomic mass is 16.1. The van der Waals surface area contributed by atoms with E-state index in [9.17, 15) is 4.79 Å². The molecule has 0 bridgehead atoms. The molecule has 0 saturated heterocycles. The van der Waals surface area contributed by atoms with E-state index in [4.69, 9.17) is 5.73 Å². The Kier molecular flexibility index (Phi) is 2.95. The Balaban J connectivity index is 2.35. The number of carbonyl (C=O) groups is 1. The van der Waals surface area contributed by atoms with Gasteiger partial charge in [-0.2, -0.15) is 0 Å². The minimum absolute atomic E-state index is 0.426. The van der Waals surface area contributed by atoms with Gasteiger partial charge >= 0.3 is 0 Å². The summed E-state index contributed by atoms with van der Waals surface area (Å²) in [5.74, 6) is -0.426. The van der Waals surface area contributed by atoms with Crippen LogP contribution in [0.2, 0.25) is 0 Å². The maximum Gasteiger partial charge on any atom is 0.249 e. The van der Waals surface area contributed by atoms with Gasteiger partial charge in [-0.25, -0.2) is 0 Å². The number of nitrogens with zero attached hydrogens (tertiary/aromatic N) is 1. The van der Waals surface area contributed by atoms with Crippen molar-refractivity contribution in [1.82, 2.24) is 4.98 Å². The largest absolute Gasteiger partial charge is 0.366 e. The van der Waals surface area contributed by atoms with Crippen LogP contribution in [-0.2, 0) is 0 Å². The molecule has 2 aromatic carbocycles. The lowest BCUT2D eigenvalue weighted by molar-refractivity contribution is 0.100. The molecule has 0 aliphatic heterocycles. The first kappa shape index (κ1) is 12.4. The second-order valence-electron chi connectivity index (χ2n) is 4.74. The van der Waals surface area contributed by atoms with E-state index in [1.807, 2.05) is 55.5 Å². The highest BCUT2D eigenvalue weighted by molar-refractivity contribution is 6.04. The van der Waals surface area contributed by atoms with Crippen molar-refractivity contribution in [3.63, 3.8) is 0 Å². The molecule has 0 spiro atoms. The molecule has 98 valence electrons. The van der Waals surface area contributed by atoms with Crippen LogP contribution in [0, 0.1) is 6.92 Å². The number of nitrogens with two attached hydrogens (primary N) is 1. The first-order chi connectivity index (χ1) is 9.66. The minimum Gasteiger partial charge on any atom is -0.366 e. The highest BCUT2D eigenvalue weighted by Gasteiger charge is 2.12. The Hall–Kier alpha value is -2.68. The third-order valence-electron chi connectivity index (χ3n) is 3.34. The quantitative estimate of drug-likeness (QED) is 0.770. The van der Waals surface area contributed by atoms with Gasteiger partial charge < -0.3 is 5.73 Å². The van der Waals surface area contributed by atoms with Gasteiger partial charge in [-0.15, -0.1) is 0 Å². The van der Waals surface area contributed by atoms with E-state index in [0.29, 0.717) is 5.56 Å². The number of rotatable bonds is 2. The van der Waals surface area contributed by atoms with E-state index >= 15 is 0 Å². The van der Waals surface area contributed by atoms with Crippen molar-refractivity contribution >= 4 is 16.8 Å². The molecule has 20 heavy (non-hydrogen) atoms. The average Bonchev–Trinajstić information content (AvgIpc) is 2.46. The standard InChI is InChI=1S/C17H14N2O/c1-11-9-10-12-5-4-8-14(16(12)19-11)13-6-2-3-7-15(13)17(18)20/h2-10H,1H3,(H2,18,20). The topological polar surface area (TPSA) is 56.0 Å². The second kappa shape index (κ2) is 4.78. The van der Waals surface area contributed by atoms with Crippen LogP contribution in [0.15, 0.2) is 54.6 Å². The number of carbonyl (C=O) groups excluding carboxylic acids is 1. The molecule has 3 nitrogen and oxygen atoms in total. The number of amides is 1. The summed E-state index contributed by atoms with van der Waals surface area (Å²) in [5.41, 5.74) is 9.57. The number of primary amides is 1. The molecule has 1 amide bonds. The van der Waals surface area contributed by atoms with Gasteiger partial charge in [0.2, 0.25) is 5.91 Å². The maximum absolute atomic E-state index is 11.6. The summed E-state index contributed by atoms with van der Waals surface area (Å²) in [6.07, 6.45) is 0. The van der Waals surface area contributed by atoms with Crippen LogP contribution < -0.4 is 5.73 Å². The van der Waals surface area contributed by atoms with Crippen molar-refractivity contribution in [2.24, 2.45) is 5.73 Å². The summed E-state index contributed by atoms with van der Waals surface area (Å²) in [4.78, 5) is 16.2. The van der Waals surface area contributed by atoms with Crippen molar-refractivity contribution in [1.29, 1.82) is 0 Å². The molecule has 0 radical (unpaired) electrons. The SMILES string of the molecule is Cc1ccc2cccc(-c3ccccc3C(N)=O)c2n1. The number of benzene rings is 2. The van der Waals surface area contributed by atoms with Gasteiger partial charge in [-0.3, -0.25) is 9.78 Å². The molecule has 3 aromatic rings. The molecule has 3 rings (SSSR count). The lowest BCUT2D eigenvalue weighted by Gasteiger charge is -2.10. The zero-order chi connectivity index (χ0) is 14.1. The molecule has 0 saturated carbocycles. The van der Waals surface area contributed by atoms with Gasteiger partial charge in [0.05, 0.1) is 5.52 Å². The molecular weight excluding hydrogens is 248 g/mol. The molecule has 1 heterocycles. The molecule has 0 aliphatic rings. The van der Waals surface area contributed by atoms with E-state index in [1.165, 1.54) is 0 Å². The van der Waals surface area contributed by atoms with E-state index in [-0.39, 0.29) is 0 Å². The molecule has 2 N–H and O–H groups in total. The van der Waals surface area contributed by atoms with E-state index in [1.54, 1.807) is 6.07 Å². The zero-order valence-electron chi connectivity index (χ0n) is 11.1. The van der Waals surface area contributed by atoms with Crippen molar-refractivity contribution in [2.75, 3.05) is 0 Å². The fourth-order valence-electron chi connectivity index (χ4n) is 2.39. The number of pyridine rings is 1. The third-order valence-corrected chi connectivity index (χ3v) is 3.34. The summed E-state index contributed by atoms with van der Waals surface area (Å²) in [5, 5.41) is 1.05. The lowest BCUT2D eigenvalue weighted by Crippen LogP contribution is -2.12. The molecule has 0 aliphatic carbocycles. The van der Waals surface area contributed by atoms with Crippen LogP contribution in [0.4, 0.5) is 0 Å². The normalized spacial score (nSPS) is 10.7. The smallest absolute Gasteiger partial charge is 0.249 e. The zero-order valence-corrected chi connectivity index (χ0v) is 11.1. The Morgan fingerprint density at radius 1 is 0.950 bits per heavy atom. The number of aromatic nitrogens is 1. The summed E-state index contributed by atoms with van der Waals surface area (Å²) in [7, 11) is 0. The molecule has 3 heteroatoms. The van der Waals surface area contributed by atoms with Crippen LogP contribution in [0.1, 0.15) is 16.1 Å². The van der Waals surface area contributed by atoms with Crippen molar-refractivity contribution in [3.05, 3.63) is 65.9 Å². The Labute approximate surface area is 117 Å². The Morgan fingerprint density at radius 2 is 1.70 bits per heavy atom. The summed E-state index contributed by atoms with van der Waals surface area (Å²) in [6, 6.07) is 17.3. The summed E-state index contributed by atoms with van der Waals surface area (Å²) in [6.45, 7) is 1.95. The van der Waals surface area contributed by atoms with Gasteiger partial charge in [0, 0.05) is 22.2 Å². The molecule has 0 atom stereocenters. The van der Waals surface area contributed by atoms with Gasteiger partial charge in [0.15, 0.2) is 0 Å². The van der Waals surface area contributed by atoms with Crippen molar-refractivity contribution < 1.29 is 4.79 Å². The summed E-state index contributed by atoms with van der Waals surface area (Å²) < 4.78 is 0. The first-order valence-electron chi connectivity index (χ1n) is 6.42. The van der Waals surface area contributed by atoms with E-state index in [0.717, 1.165) is 27.7 Å². The Morgan fingerprint density at radius 3 is 2.50 bits per heavy atom. The predicted octanol–water partition coefficient (Wildman–Crippen LogP) is 3.31.